The maximum atomic E-state index is 12.6. The summed E-state index contributed by atoms with van der Waals surface area (Å²) in [7, 11) is 1.97. The van der Waals surface area contributed by atoms with Gasteiger partial charge in [-0.2, -0.15) is 0 Å². The number of halogens is 1. The normalized spacial score (nSPS) is 10.4. The van der Waals surface area contributed by atoms with Crippen LogP contribution in [0.1, 0.15) is 30.5 Å². The Hall–Kier alpha value is -2.10. The van der Waals surface area contributed by atoms with E-state index in [9.17, 15) is 4.79 Å². The van der Waals surface area contributed by atoms with Crippen LogP contribution in [0.2, 0.25) is 5.02 Å². The molecule has 0 atom stereocenters. The minimum absolute atomic E-state index is 0.102. The van der Waals surface area contributed by atoms with E-state index in [4.69, 9.17) is 11.6 Å². The average molecular weight is 357 g/mol. The lowest BCUT2D eigenvalue weighted by molar-refractivity contribution is 0.685. The number of benzene rings is 2. The van der Waals surface area contributed by atoms with Crippen LogP contribution in [0.5, 0.6) is 0 Å². The van der Waals surface area contributed by atoms with Crippen molar-refractivity contribution in [3.05, 3.63) is 80.6 Å². The highest BCUT2D eigenvalue weighted by Gasteiger charge is 2.07. The van der Waals surface area contributed by atoms with Gasteiger partial charge in [0, 0.05) is 42.3 Å². The number of fused-ring (bicyclic) bond motifs is 1. The van der Waals surface area contributed by atoms with Crippen LogP contribution >= 0.6 is 11.6 Å². The Balaban J connectivity index is 0.00000109. The SMILES string of the molecule is CC.Cc1ccc2c(c1)c(=O)c(CNCc1ccc(Cl)cc1)cn2C. The van der Waals surface area contributed by atoms with Gasteiger partial charge in [0.1, 0.15) is 0 Å². The van der Waals surface area contributed by atoms with Crippen molar-refractivity contribution >= 4 is 22.5 Å². The number of aromatic nitrogens is 1. The van der Waals surface area contributed by atoms with Gasteiger partial charge in [0.05, 0.1) is 5.52 Å². The number of nitrogens with zero attached hydrogens (tertiary/aromatic N) is 1. The largest absolute Gasteiger partial charge is 0.350 e. The topological polar surface area (TPSA) is 34.0 Å². The monoisotopic (exact) mass is 356 g/mol. The second-order valence-electron chi connectivity index (χ2n) is 5.84. The highest BCUT2D eigenvalue weighted by molar-refractivity contribution is 6.30. The molecule has 0 aliphatic heterocycles. The van der Waals surface area contributed by atoms with Crippen molar-refractivity contribution in [1.82, 2.24) is 9.88 Å². The van der Waals surface area contributed by atoms with Gasteiger partial charge in [-0.3, -0.25) is 4.79 Å². The Morgan fingerprint density at radius 2 is 1.72 bits per heavy atom. The van der Waals surface area contributed by atoms with E-state index in [1.807, 2.05) is 81.0 Å². The van der Waals surface area contributed by atoms with Crippen molar-refractivity contribution in [2.45, 2.75) is 33.9 Å². The van der Waals surface area contributed by atoms with Crippen molar-refractivity contribution in [3.8, 4) is 0 Å². The van der Waals surface area contributed by atoms with E-state index in [1.165, 1.54) is 0 Å². The molecular weight excluding hydrogens is 332 g/mol. The van der Waals surface area contributed by atoms with Gasteiger partial charge in [0.15, 0.2) is 5.43 Å². The Labute approximate surface area is 154 Å². The molecule has 4 heteroatoms. The number of rotatable bonds is 4. The van der Waals surface area contributed by atoms with E-state index in [2.05, 4.69) is 5.32 Å². The van der Waals surface area contributed by atoms with Gasteiger partial charge in [-0.05, 0) is 36.8 Å². The first-order chi connectivity index (χ1) is 12.0. The zero-order chi connectivity index (χ0) is 18.4. The summed E-state index contributed by atoms with van der Waals surface area (Å²) in [5, 5.41) is 4.83. The first-order valence-electron chi connectivity index (χ1n) is 8.58. The Morgan fingerprint density at radius 1 is 1.04 bits per heavy atom. The highest BCUT2D eigenvalue weighted by Crippen LogP contribution is 2.13. The molecule has 0 spiro atoms. The fourth-order valence-corrected chi connectivity index (χ4v) is 2.87. The van der Waals surface area contributed by atoms with Crippen molar-refractivity contribution in [3.63, 3.8) is 0 Å². The lowest BCUT2D eigenvalue weighted by atomic mass is 10.1. The average Bonchev–Trinajstić information content (AvgIpc) is 2.62. The van der Waals surface area contributed by atoms with E-state index < -0.39 is 0 Å². The van der Waals surface area contributed by atoms with Gasteiger partial charge >= 0.3 is 0 Å². The van der Waals surface area contributed by atoms with Crippen molar-refractivity contribution in [2.75, 3.05) is 0 Å². The molecule has 0 unspecified atom stereocenters. The number of hydrogen-bond acceptors (Lipinski definition) is 2. The van der Waals surface area contributed by atoms with Gasteiger partial charge < -0.3 is 9.88 Å². The molecule has 0 saturated heterocycles. The summed E-state index contributed by atoms with van der Waals surface area (Å²) in [5.74, 6) is 0. The lowest BCUT2D eigenvalue weighted by Crippen LogP contribution is -2.21. The van der Waals surface area contributed by atoms with Crippen LogP contribution in [0, 0.1) is 6.92 Å². The van der Waals surface area contributed by atoms with Gasteiger partial charge in [-0.25, -0.2) is 0 Å². The fraction of sp³-hybridized carbons (Fsp3) is 0.286. The fourth-order valence-electron chi connectivity index (χ4n) is 2.74. The molecule has 0 fully saturated rings. The van der Waals surface area contributed by atoms with E-state index >= 15 is 0 Å². The predicted octanol–water partition coefficient (Wildman–Crippen LogP) is 4.82. The van der Waals surface area contributed by atoms with Crippen molar-refractivity contribution < 1.29 is 0 Å². The Kier molecular flexibility index (Phi) is 6.80. The van der Waals surface area contributed by atoms with Crippen LogP contribution in [0.4, 0.5) is 0 Å². The molecule has 1 heterocycles. The van der Waals surface area contributed by atoms with E-state index in [0.29, 0.717) is 13.1 Å². The molecule has 3 nitrogen and oxygen atoms in total. The highest BCUT2D eigenvalue weighted by atomic mass is 35.5. The van der Waals surface area contributed by atoms with Gasteiger partial charge in [-0.15, -0.1) is 0 Å². The first-order valence-corrected chi connectivity index (χ1v) is 8.96. The summed E-state index contributed by atoms with van der Waals surface area (Å²) in [6.07, 6.45) is 1.91. The van der Waals surface area contributed by atoms with Crippen LogP contribution in [0.3, 0.4) is 0 Å². The molecule has 1 aromatic heterocycles. The van der Waals surface area contributed by atoms with Crippen LogP contribution < -0.4 is 10.7 Å². The van der Waals surface area contributed by atoms with Crippen molar-refractivity contribution in [1.29, 1.82) is 0 Å². The molecular formula is C21H25ClN2O. The second kappa shape index (κ2) is 8.84. The maximum absolute atomic E-state index is 12.6. The lowest BCUT2D eigenvalue weighted by Gasteiger charge is -2.10. The molecule has 132 valence electrons. The smallest absolute Gasteiger partial charge is 0.193 e. The maximum Gasteiger partial charge on any atom is 0.193 e. The second-order valence-corrected chi connectivity index (χ2v) is 6.28. The van der Waals surface area contributed by atoms with E-state index in [1.54, 1.807) is 0 Å². The van der Waals surface area contributed by atoms with Crippen LogP contribution in [-0.4, -0.2) is 4.57 Å². The molecule has 25 heavy (non-hydrogen) atoms. The molecule has 3 rings (SSSR count). The molecule has 0 saturated carbocycles. The number of nitrogens with one attached hydrogen (secondary N) is 1. The van der Waals surface area contributed by atoms with Gasteiger partial charge in [0.2, 0.25) is 0 Å². The molecule has 0 radical (unpaired) electrons. The standard InChI is InChI=1S/C19H19ClN2O.C2H6/c1-13-3-8-18-17(9-13)19(23)15(12-22(18)2)11-21-10-14-4-6-16(20)7-5-14;1-2/h3-9,12,21H,10-11H2,1-2H3;1-2H3. The molecule has 3 aromatic rings. The molecule has 0 aliphatic rings. The molecule has 2 aromatic carbocycles. The molecule has 0 amide bonds. The van der Waals surface area contributed by atoms with E-state index in [0.717, 1.165) is 32.6 Å². The minimum Gasteiger partial charge on any atom is -0.350 e. The van der Waals surface area contributed by atoms with Gasteiger partial charge in [-0.1, -0.05) is 49.2 Å². The van der Waals surface area contributed by atoms with E-state index in [-0.39, 0.29) is 5.43 Å². The number of pyridine rings is 1. The first kappa shape index (κ1) is 19.2. The Bertz CT molecular complexity index is 898. The predicted molar refractivity (Wildman–Crippen MR) is 107 cm³/mol. The van der Waals surface area contributed by atoms with Gasteiger partial charge in [0.25, 0.3) is 0 Å². The zero-order valence-electron chi connectivity index (χ0n) is 15.3. The summed E-state index contributed by atoms with van der Waals surface area (Å²) in [4.78, 5) is 12.6. The minimum atomic E-state index is 0.102. The summed E-state index contributed by atoms with van der Waals surface area (Å²) >= 11 is 5.88. The number of hydrogen-bond donors (Lipinski definition) is 1. The summed E-state index contributed by atoms with van der Waals surface area (Å²) in [5.41, 5.74) is 4.08. The number of aryl methyl sites for hydroxylation is 2. The molecule has 1 N–H and O–H groups in total. The van der Waals surface area contributed by atoms with Crippen LogP contribution in [-0.2, 0) is 20.1 Å². The van der Waals surface area contributed by atoms with Crippen LogP contribution in [0.25, 0.3) is 10.9 Å². The third-order valence-electron chi connectivity index (χ3n) is 3.98. The third-order valence-corrected chi connectivity index (χ3v) is 4.23. The Morgan fingerprint density at radius 3 is 2.40 bits per heavy atom. The van der Waals surface area contributed by atoms with Crippen LogP contribution in [0.15, 0.2) is 53.5 Å². The summed E-state index contributed by atoms with van der Waals surface area (Å²) in [6.45, 7) is 7.25. The summed E-state index contributed by atoms with van der Waals surface area (Å²) in [6, 6.07) is 13.7. The zero-order valence-corrected chi connectivity index (χ0v) is 16.0. The quantitative estimate of drug-likeness (QED) is 0.727. The van der Waals surface area contributed by atoms with Crippen molar-refractivity contribution in [2.24, 2.45) is 7.05 Å². The summed E-state index contributed by atoms with van der Waals surface area (Å²) < 4.78 is 2.01. The molecule has 0 aliphatic carbocycles. The third kappa shape index (κ3) is 4.71. The molecule has 0 bridgehead atoms.